The van der Waals surface area contributed by atoms with E-state index in [0.29, 0.717) is 12.3 Å². The fourth-order valence-electron chi connectivity index (χ4n) is 3.41. The lowest BCUT2D eigenvalue weighted by Crippen LogP contribution is -2.26. The summed E-state index contributed by atoms with van der Waals surface area (Å²) in [6.07, 6.45) is 0.446. The molecule has 0 saturated heterocycles. The molecule has 4 rings (SSSR count). The lowest BCUT2D eigenvalue weighted by atomic mass is 10.1. The van der Waals surface area contributed by atoms with Crippen LogP contribution in [0.25, 0.3) is 0 Å². The van der Waals surface area contributed by atoms with Gasteiger partial charge in [0.15, 0.2) is 0 Å². The average molecular weight is 374 g/mol. The number of amides is 1. The zero-order valence-electron chi connectivity index (χ0n) is 15.5. The normalized spacial score (nSPS) is 12.5. The third-order valence-electron chi connectivity index (χ3n) is 4.84. The van der Waals surface area contributed by atoms with Crippen LogP contribution in [0.1, 0.15) is 16.7 Å². The van der Waals surface area contributed by atoms with Gasteiger partial charge >= 0.3 is 6.09 Å². The molecule has 0 unspecified atom stereocenters. The molecule has 0 saturated carbocycles. The molecular formula is C23H22N2O3. The van der Waals surface area contributed by atoms with Gasteiger partial charge in [-0.15, -0.1) is 0 Å². The van der Waals surface area contributed by atoms with Crippen LogP contribution in [0.5, 0.6) is 11.5 Å². The highest BCUT2D eigenvalue weighted by atomic mass is 16.6. The monoisotopic (exact) mass is 374 g/mol. The first kappa shape index (κ1) is 17.9. The summed E-state index contributed by atoms with van der Waals surface area (Å²) in [7, 11) is 0. The number of ether oxygens (including phenoxy) is 1. The predicted molar refractivity (Wildman–Crippen MR) is 109 cm³/mol. The van der Waals surface area contributed by atoms with Gasteiger partial charge in [-0.05, 0) is 53.4 Å². The van der Waals surface area contributed by atoms with Gasteiger partial charge in [-0.25, -0.2) is 4.79 Å². The molecule has 0 bridgehead atoms. The Balaban J connectivity index is 1.35. The first-order valence-electron chi connectivity index (χ1n) is 9.33. The van der Waals surface area contributed by atoms with Crippen molar-refractivity contribution < 1.29 is 14.6 Å². The summed E-state index contributed by atoms with van der Waals surface area (Å²) >= 11 is 0. The Morgan fingerprint density at radius 2 is 1.79 bits per heavy atom. The highest BCUT2D eigenvalue weighted by Crippen LogP contribution is 2.32. The Morgan fingerprint density at radius 1 is 1.00 bits per heavy atom. The molecule has 0 spiro atoms. The number of hydrogen-bond acceptors (Lipinski definition) is 4. The van der Waals surface area contributed by atoms with Crippen LogP contribution in [-0.4, -0.2) is 17.7 Å². The molecule has 0 fully saturated rings. The molecular weight excluding hydrogens is 352 g/mol. The average Bonchev–Trinajstić information content (AvgIpc) is 3.10. The van der Waals surface area contributed by atoms with E-state index < -0.39 is 6.09 Å². The first-order chi connectivity index (χ1) is 13.7. The Morgan fingerprint density at radius 3 is 2.57 bits per heavy atom. The molecule has 3 aromatic rings. The van der Waals surface area contributed by atoms with Gasteiger partial charge in [-0.2, -0.15) is 0 Å². The Labute approximate surface area is 164 Å². The maximum absolute atomic E-state index is 12.1. The molecule has 0 radical (unpaired) electrons. The zero-order valence-corrected chi connectivity index (χ0v) is 15.5. The van der Waals surface area contributed by atoms with Crippen molar-refractivity contribution in [2.24, 2.45) is 0 Å². The smallest absolute Gasteiger partial charge is 0.412 e. The van der Waals surface area contributed by atoms with E-state index in [0.717, 1.165) is 25.1 Å². The summed E-state index contributed by atoms with van der Waals surface area (Å²) in [6, 6.07) is 22.9. The van der Waals surface area contributed by atoms with Crippen molar-refractivity contribution in [3.05, 3.63) is 89.5 Å². The van der Waals surface area contributed by atoms with Gasteiger partial charge in [-0.1, -0.05) is 42.5 Å². The van der Waals surface area contributed by atoms with E-state index in [1.807, 2.05) is 24.3 Å². The van der Waals surface area contributed by atoms with Crippen molar-refractivity contribution in [1.82, 2.24) is 5.32 Å². The molecule has 0 atom stereocenters. The molecule has 0 aliphatic carbocycles. The molecule has 1 amide bonds. The zero-order chi connectivity index (χ0) is 19.3. The molecule has 5 nitrogen and oxygen atoms in total. The topological polar surface area (TPSA) is 61.8 Å². The standard InChI is InChI=1S/C23H22N2O3/c26-20-8-6-17(7-9-20)15-24-23(27)28-21-10-11-22-19(14-21)12-13-25(22)16-18-4-2-1-3-5-18/h1-11,14,26H,12-13,15-16H2,(H,24,27). The fraction of sp³-hybridized carbons (Fsp3) is 0.174. The number of carbonyl (C=O) groups excluding carboxylic acids is 1. The van der Waals surface area contributed by atoms with Crippen molar-refractivity contribution in [2.45, 2.75) is 19.5 Å². The number of nitrogens with one attached hydrogen (secondary N) is 1. The van der Waals surface area contributed by atoms with E-state index in [2.05, 4.69) is 34.5 Å². The summed E-state index contributed by atoms with van der Waals surface area (Å²) in [5.41, 5.74) is 4.56. The second-order valence-electron chi connectivity index (χ2n) is 6.86. The molecule has 142 valence electrons. The van der Waals surface area contributed by atoms with Crippen LogP contribution in [0.2, 0.25) is 0 Å². The van der Waals surface area contributed by atoms with Gasteiger partial charge in [0.1, 0.15) is 11.5 Å². The highest BCUT2D eigenvalue weighted by molar-refractivity contribution is 5.71. The molecule has 28 heavy (non-hydrogen) atoms. The number of benzene rings is 3. The molecule has 1 heterocycles. The second-order valence-corrected chi connectivity index (χ2v) is 6.86. The molecule has 0 aromatic heterocycles. The van der Waals surface area contributed by atoms with Crippen LogP contribution >= 0.6 is 0 Å². The molecule has 5 heteroatoms. The number of phenols is 1. The first-order valence-corrected chi connectivity index (χ1v) is 9.33. The van der Waals surface area contributed by atoms with E-state index in [-0.39, 0.29) is 5.75 Å². The van der Waals surface area contributed by atoms with E-state index in [4.69, 9.17) is 4.74 Å². The SMILES string of the molecule is O=C(NCc1ccc(O)cc1)Oc1ccc2c(c1)CCN2Cc1ccccc1. The number of carbonyl (C=O) groups is 1. The number of hydrogen-bond donors (Lipinski definition) is 2. The Hall–Kier alpha value is -3.47. The van der Waals surface area contributed by atoms with Crippen molar-refractivity contribution in [1.29, 1.82) is 0 Å². The van der Waals surface area contributed by atoms with Crippen LogP contribution in [0.4, 0.5) is 10.5 Å². The van der Waals surface area contributed by atoms with Crippen molar-refractivity contribution in [2.75, 3.05) is 11.4 Å². The molecule has 3 aromatic carbocycles. The van der Waals surface area contributed by atoms with Crippen LogP contribution in [0.3, 0.4) is 0 Å². The summed E-state index contributed by atoms with van der Waals surface area (Å²) in [5.74, 6) is 0.745. The minimum atomic E-state index is -0.493. The lowest BCUT2D eigenvalue weighted by molar-refractivity contribution is 0.200. The number of fused-ring (bicyclic) bond motifs is 1. The van der Waals surface area contributed by atoms with E-state index >= 15 is 0 Å². The van der Waals surface area contributed by atoms with E-state index in [1.54, 1.807) is 24.3 Å². The lowest BCUT2D eigenvalue weighted by Gasteiger charge is -2.19. The Kier molecular flexibility index (Phi) is 5.15. The maximum Gasteiger partial charge on any atom is 0.412 e. The van der Waals surface area contributed by atoms with Crippen molar-refractivity contribution in [3.63, 3.8) is 0 Å². The van der Waals surface area contributed by atoms with Crippen LogP contribution in [0.15, 0.2) is 72.8 Å². The van der Waals surface area contributed by atoms with Gasteiger partial charge in [0.05, 0.1) is 0 Å². The molecule has 1 aliphatic heterocycles. The largest absolute Gasteiger partial charge is 0.508 e. The predicted octanol–water partition coefficient (Wildman–Crippen LogP) is 4.24. The number of aromatic hydroxyl groups is 1. The van der Waals surface area contributed by atoms with Gasteiger partial charge in [0, 0.05) is 25.3 Å². The fourth-order valence-corrected chi connectivity index (χ4v) is 3.41. The van der Waals surface area contributed by atoms with Gasteiger partial charge in [-0.3, -0.25) is 0 Å². The summed E-state index contributed by atoms with van der Waals surface area (Å²) in [5, 5.41) is 12.0. The van der Waals surface area contributed by atoms with Crippen molar-refractivity contribution >= 4 is 11.8 Å². The second kappa shape index (κ2) is 8.05. The number of rotatable bonds is 5. The van der Waals surface area contributed by atoms with Crippen LogP contribution in [-0.2, 0) is 19.5 Å². The number of phenolic OH excluding ortho intramolecular Hbond substituents is 1. The quantitative estimate of drug-likeness (QED) is 0.701. The third-order valence-corrected chi connectivity index (χ3v) is 4.84. The van der Waals surface area contributed by atoms with Gasteiger partial charge in [0.2, 0.25) is 0 Å². The minimum Gasteiger partial charge on any atom is -0.508 e. The molecule has 2 N–H and O–H groups in total. The summed E-state index contributed by atoms with van der Waals surface area (Å²) < 4.78 is 5.42. The number of anilines is 1. The third kappa shape index (κ3) is 4.26. The maximum atomic E-state index is 12.1. The minimum absolute atomic E-state index is 0.200. The van der Waals surface area contributed by atoms with Crippen LogP contribution < -0.4 is 15.0 Å². The number of nitrogens with zero attached hydrogens (tertiary/aromatic N) is 1. The van der Waals surface area contributed by atoms with E-state index in [9.17, 15) is 9.90 Å². The van der Waals surface area contributed by atoms with Gasteiger partial charge in [0.25, 0.3) is 0 Å². The van der Waals surface area contributed by atoms with E-state index in [1.165, 1.54) is 16.8 Å². The Bertz CT molecular complexity index is 955. The summed E-state index contributed by atoms with van der Waals surface area (Å²) in [6.45, 7) is 2.18. The van der Waals surface area contributed by atoms with Gasteiger partial charge < -0.3 is 20.1 Å². The summed E-state index contributed by atoms with van der Waals surface area (Å²) in [4.78, 5) is 14.4. The van der Waals surface area contributed by atoms with Crippen molar-refractivity contribution in [3.8, 4) is 11.5 Å². The highest BCUT2D eigenvalue weighted by Gasteiger charge is 2.20. The van der Waals surface area contributed by atoms with Crippen LogP contribution in [0, 0.1) is 0 Å². The molecule has 1 aliphatic rings.